The average Bonchev–Trinajstić information content (AvgIpc) is 3.17. The molecule has 1 aromatic heterocycles. The van der Waals surface area contributed by atoms with Crippen LogP contribution in [0.25, 0.3) is 0 Å². The third kappa shape index (κ3) is 4.70. The van der Waals surface area contributed by atoms with Crippen LogP contribution < -0.4 is 10.2 Å². The lowest BCUT2D eigenvalue weighted by Gasteiger charge is -2.23. The summed E-state index contributed by atoms with van der Waals surface area (Å²) in [5.74, 6) is 0.370. The van der Waals surface area contributed by atoms with Gasteiger partial charge in [-0.15, -0.1) is 0 Å². The van der Waals surface area contributed by atoms with Crippen LogP contribution in [0.3, 0.4) is 0 Å². The minimum absolute atomic E-state index is 0.284. The van der Waals surface area contributed by atoms with Crippen LogP contribution in [0, 0.1) is 0 Å². The number of hydrogen-bond acceptors (Lipinski definition) is 3. The fourth-order valence-electron chi connectivity index (χ4n) is 1.83. The van der Waals surface area contributed by atoms with Crippen molar-refractivity contribution in [1.82, 2.24) is 10.3 Å². The van der Waals surface area contributed by atoms with Crippen molar-refractivity contribution in [3.63, 3.8) is 0 Å². The van der Waals surface area contributed by atoms with E-state index in [0.29, 0.717) is 11.9 Å². The van der Waals surface area contributed by atoms with Crippen molar-refractivity contribution in [2.75, 3.05) is 18.0 Å². The van der Waals surface area contributed by atoms with E-state index in [1.807, 2.05) is 6.07 Å². The summed E-state index contributed by atoms with van der Waals surface area (Å²) in [6, 6.07) is 4.09. The molecule has 6 heteroatoms. The summed E-state index contributed by atoms with van der Waals surface area (Å²) >= 11 is 0. The fourth-order valence-corrected chi connectivity index (χ4v) is 1.83. The van der Waals surface area contributed by atoms with E-state index in [2.05, 4.69) is 10.3 Å². The molecule has 3 nitrogen and oxygen atoms in total. The highest BCUT2D eigenvalue weighted by Gasteiger charge is 2.30. The van der Waals surface area contributed by atoms with E-state index >= 15 is 0 Å². The van der Waals surface area contributed by atoms with E-state index in [1.165, 1.54) is 17.7 Å². The molecule has 2 rings (SSSR count). The predicted octanol–water partition coefficient (Wildman–Crippen LogP) is 2.72. The van der Waals surface area contributed by atoms with Gasteiger partial charge in [-0.1, -0.05) is 6.07 Å². The molecule has 1 fully saturated rings. The molecule has 0 amide bonds. The van der Waals surface area contributed by atoms with Gasteiger partial charge in [0.25, 0.3) is 0 Å². The lowest BCUT2D eigenvalue weighted by atomic mass is 10.2. The van der Waals surface area contributed by atoms with Crippen molar-refractivity contribution in [3.8, 4) is 0 Å². The highest BCUT2D eigenvalue weighted by atomic mass is 19.4. The zero-order valence-electron chi connectivity index (χ0n) is 10.9. The maximum Gasteiger partial charge on any atom is 0.405 e. The van der Waals surface area contributed by atoms with E-state index in [4.69, 9.17) is 0 Å². The smallest absolute Gasteiger partial charge is 0.348 e. The summed E-state index contributed by atoms with van der Waals surface area (Å²) in [6.07, 6.45) is -0.144. The van der Waals surface area contributed by atoms with Gasteiger partial charge in [0, 0.05) is 25.3 Å². The zero-order valence-corrected chi connectivity index (χ0v) is 10.9. The summed E-state index contributed by atoms with van der Waals surface area (Å²) in [6.45, 7) is 1.74. The number of rotatable bonds is 6. The van der Waals surface area contributed by atoms with E-state index in [9.17, 15) is 13.2 Å². The van der Waals surface area contributed by atoms with Crippen molar-refractivity contribution < 1.29 is 13.2 Å². The molecule has 0 aromatic carbocycles. The Balaban J connectivity index is 1.94. The number of anilines is 1. The molecule has 0 bridgehead atoms. The van der Waals surface area contributed by atoms with Gasteiger partial charge in [0.2, 0.25) is 0 Å². The summed E-state index contributed by atoms with van der Waals surface area (Å²) < 4.78 is 37.2. The maximum atomic E-state index is 12.4. The van der Waals surface area contributed by atoms with Gasteiger partial charge in [0.05, 0.1) is 0 Å². The normalized spacial score (nSPS) is 15.6. The second-order valence-electron chi connectivity index (χ2n) is 4.81. The molecule has 1 aliphatic carbocycles. The number of nitrogens with one attached hydrogen (secondary N) is 1. The standard InChI is InChI=1S/C13H18F3N3/c1-2-19(9-13(14,15)16)12-6-3-10(8-18-12)7-17-11-4-5-11/h3,6,8,11,17H,2,4-5,7,9H2,1H3. The molecule has 1 N–H and O–H groups in total. The molecule has 0 atom stereocenters. The molecule has 1 saturated carbocycles. The molecule has 106 valence electrons. The van der Waals surface area contributed by atoms with Gasteiger partial charge >= 0.3 is 6.18 Å². The summed E-state index contributed by atoms with van der Waals surface area (Å²) in [7, 11) is 0. The van der Waals surface area contributed by atoms with E-state index in [-0.39, 0.29) is 6.54 Å². The molecule has 1 aliphatic rings. The van der Waals surface area contributed by atoms with Gasteiger partial charge in [-0.3, -0.25) is 0 Å². The van der Waals surface area contributed by atoms with Crippen molar-refractivity contribution >= 4 is 5.82 Å². The third-order valence-electron chi connectivity index (χ3n) is 3.06. The molecule has 0 spiro atoms. The number of hydrogen-bond donors (Lipinski definition) is 1. The molecule has 1 aromatic rings. The number of aromatic nitrogens is 1. The minimum Gasteiger partial charge on any atom is -0.348 e. The van der Waals surface area contributed by atoms with Crippen LogP contribution in [0.1, 0.15) is 25.3 Å². The van der Waals surface area contributed by atoms with Crippen LogP contribution in [0.5, 0.6) is 0 Å². The number of halogens is 3. The first-order valence-electron chi connectivity index (χ1n) is 6.48. The van der Waals surface area contributed by atoms with E-state index in [1.54, 1.807) is 19.2 Å². The fraction of sp³-hybridized carbons (Fsp3) is 0.615. The monoisotopic (exact) mass is 273 g/mol. The van der Waals surface area contributed by atoms with Crippen molar-refractivity contribution in [2.24, 2.45) is 0 Å². The maximum absolute atomic E-state index is 12.4. The molecular weight excluding hydrogens is 255 g/mol. The Morgan fingerprint density at radius 3 is 2.58 bits per heavy atom. The van der Waals surface area contributed by atoms with Crippen molar-refractivity contribution in [1.29, 1.82) is 0 Å². The van der Waals surface area contributed by atoms with Gasteiger partial charge in [-0.2, -0.15) is 13.2 Å². The van der Waals surface area contributed by atoms with Gasteiger partial charge in [0.1, 0.15) is 12.4 Å². The third-order valence-corrected chi connectivity index (χ3v) is 3.06. The van der Waals surface area contributed by atoms with Crippen LogP contribution in [-0.2, 0) is 6.54 Å². The van der Waals surface area contributed by atoms with Crippen LogP contribution >= 0.6 is 0 Å². The first kappa shape index (κ1) is 14.1. The van der Waals surface area contributed by atoms with Gasteiger partial charge in [-0.05, 0) is 31.4 Å². The van der Waals surface area contributed by atoms with Crippen molar-refractivity contribution in [3.05, 3.63) is 23.9 Å². The summed E-state index contributed by atoms with van der Waals surface area (Å²) in [5.41, 5.74) is 0.999. The van der Waals surface area contributed by atoms with Crippen LogP contribution in [0.15, 0.2) is 18.3 Å². The summed E-state index contributed by atoms with van der Waals surface area (Å²) in [4.78, 5) is 5.34. The van der Waals surface area contributed by atoms with Crippen LogP contribution in [-0.4, -0.2) is 30.3 Å². The molecule has 19 heavy (non-hydrogen) atoms. The van der Waals surface area contributed by atoms with Crippen molar-refractivity contribution in [2.45, 2.75) is 38.5 Å². The van der Waals surface area contributed by atoms with Crippen LogP contribution in [0.4, 0.5) is 19.0 Å². The Hall–Kier alpha value is -1.30. The quantitative estimate of drug-likeness (QED) is 0.863. The Morgan fingerprint density at radius 2 is 2.11 bits per heavy atom. The largest absolute Gasteiger partial charge is 0.405 e. The second-order valence-corrected chi connectivity index (χ2v) is 4.81. The van der Waals surface area contributed by atoms with Gasteiger partial charge in [0.15, 0.2) is 0 Å². The molecular formula is C13H18F3N3. The number of pyridine rings is 1. The number of alkyl halides is 3. The Labute approximate surface area is 110 Å². The first-order chi connectivity index (χ1) is 8.98. The zero-order chi connectivity index (χ0) is 13.9. The SMILES string of the molecule is CCN(CC(F)(F)F)c1ccc(CNC2CC2)cn1. The predicted molar refractivity (Wildman–Crippen MR) is 68.0 cm³/mol. The Bertz CT molecular complexity index is 399. The molecule has 0 saturated heterocycles. The topological polar surface area (TPSA) is 28.2 Å². The molecule has 0 radical (unpaired) electrons. The lowest BCUT2D eigenvalue weighted by molar-refractivity contribution is -0.119. The highest BCUT2D eigenvalue weighted by molar-refractivity contribution is 5.39. The average molecular weight is 273 g/mol. The van der Waals surface area contributed by atoms with Crippen LogP contribution in [0.2, 0.25) is 0 Å². The Morgan fingerprint density at radius 1 is 1.37 bits per heavy atom. The van der Waals surface area contributed by atoms with Gasteiger partial charge in [-0.25, -0.2) is 4.98 Å². The first-order valence-corrected chi connectivity index (χ1v) is 6.48. The second kappa shape index (κ2) is 5.77. The van der Waals surface area contributed by atoms with E-state index in [0.717, 1.165) is 12.1 Å². The Kier molecular flexibility index (Phi) is 4.29. The summed E-state index contributed by atoms with van der Waals surface area (Å²) in [5, 5.41) is 3.34. The lowest BCUT2D eigenvalue weighted by Crippen LogP contribution is -2.34. The molecule has 0 unspecified atom stereocenters. The van der Waals surface area contributed by atoms with Gasteiger partial charge < -0.3 is 10.2 Å². The highest BCUT2D eigenvalue weighted by Crippen LogP contribution is 2.21. The number of nitrogens with zero attached hydrogens (tertiary/aromatic N) is 2. The van der Waals surface area contributed by atoms with E-state index < -0.39 is 12.7 Å². The molecule has 1 heterocycles. The minimum atomic E-state index is -4.20. The molecule has 0 aliphatic heterocycles.